The number of imidazole rings is 1. The third-order valence-corrected chi connectivity index (χ3v) is 6.03. The van der Waals surface area contributed by atoms with E-state index >= 15 is 0 Å². The van der Waals surface area contributed by atoms with Gasteiger partial charge in [0, 0.05) is 29.9 Å². The maximum atomic E-state index is 12.8. The Labute approximate surface area is 173 Å². The van der Waals surface area contributed by atoms with Crippen LogP contribution in [0.3, 0.4) is 0 Å². The van der Waals surface area contributed by atoms with E-state index in [1.54, 1.807) is 23.7 Å². The average Bonchev–Trinajstić information content (AvgIpc) is 3.41. The zero-order valence-electron chi connectivity index (χ0n) is 17.0. The molecule has 0 spiro atoms. The lowest BCUT2D eigenvalue weighted by molar-refractivity contribution is 0.0518. The van der Waals surface area contributed by atoms with Crippen LogP contribution in [-0.4, -0.2) is 43.8 Å². The third-order valence-electron chi connectivity index (χ3n) is 6.03. The number of hydrogen-bond donors (Lipinski definition) is 1. The van der Waals surface area contributed by atoms with Gasteiger partial charge in [-0.3, -0.25) is 9.20 Å². The number of nitrogens with two attached hydrogens (primary N) is 1. The van der Waals surface area contributed by atoms with Gasteiger partial charge in [-0.15, -0.1) is 0 Å². The summed E-state index contributed by atoms with van der Waals surface area (Å²) in [5.41, 5.74) is 10.1. The quantitative estimate of drug-likeness (QED) is 0.655. The zero-order chi connectivity index (χ0) is 21.0. The molecule has 1 aliphatic heterocycles. The molecule has 2 aromatic heterocycles. The van der Waals surface area contributed by atoms with Gasteiger partial charge in [0.1, 0.15) is 0 Å². The molecule has 1 atom stereocenters. The van der Waals surface area contributed by atoms with E-state index in [-0.39, 0.29) is 30.1 Å². The van der Waals surface area contributed by atoms with Crippen LogP contribution in [0.5, 0.6) is 0 Å². The summed E-state index contributed by atoms with van der Waals surface area (Å²) in [4.78, 5) is 35.4. The van der Waals surface area contributed by atoms with Gasteiger partial charge in [-0.05, 0) is 50.3 Å². The molecule has 1 amide bonds. The minimum atomic E-state index is -0.532. The number of nitrogen functional groups attached to an aromatic ring is 1. The van der Waals surface area contributed by atoms with E-state index in [0.29, 0.717) is 18.1 Å². The highest BCUT2D eigenvalue weighted by Gasteiger charge is 2.38. The number of hydrogen-bond acceptors (Lipinski definition) is 6. The van der Waals surface area contributed by atoms with Gasteiger partial charge in [-0.25, -0.2) is 14.8 Å². The number of rotatable bonds is 5. The summed E-state index contributed by atoms with van der Waals surface area (Å²) in [6, 6.07) is 6.08. The standard InChI is InChI=1S/C22H23N5O3/c1-3-30-22(29)17-11-27-18(9-24-20(27)19(23)25-17)14-6-7-16-15(8-14)10-26(21(16)28)12(2)13-4-5-13/h6-9,11-13H,3-5,10H2,1-2H3,(H2,23,25)/t12-/m0/s1. The topological polar surface area (TPSA) is 103 Å². The first-order valence-corrected chi connectivity index (χ1v) is 10.2. The molecular formula is C22H23N5O3. The van der Waals surface area contributed by atoms with Crippen molar-refractivity contribution >= 4 is 23.3 Å². The largest absolute Gasteiger partial charge is 0.461 e. The molecule has 0 bridgehead atoms. The smallest absolute Gasteiger partial charge is 0.358 e. The molecule has 1 saturated carbocycles. The molecule has 8 nitrogen and oxygen atoms in total. The van der Waals surface area contributed by atoms with E-state index in [1.165, 1.54) is 12.8 Å². The molecule has 3 heterocycles. The number of fused-ring (bicyclic) bond motifs is 2. The highest BCUT2D eigenvalue weighted by atomic mass is 16.5. The Morgan fingerprint density at radius 2 is 2.17 bits per heavy atom. The summed E-state index contributed by atoms with van der Waals surface area (Å²) < 4.78 is 6.80. The van der Waals surface area contributed by atoms with Gasteiger partial charge < -0.3 is 15.4 Å². The van der Waals surface area contributed by atoms with Crippen molar-refractivity contribution in [3.05, 3.63) is 47.4 Å². The van der Waals surface area contributed by atoms with E-state index < -0.39 is 5.97 Å². The second-order valence-corrected chi connectivity index (χ2v) is 7.95. The lowest BCUT2D eigenvalue weighted by atomic mass is 10.0. The van der Waals surface area contributed by atoms with E-state index in [9.17, 15) is 9.59 Å². The number of ether oxygens (including phenoxy) is 1. The molecule has 1 fully saturated rings. The van der Waals surface area contributed by atoms with E-state index in [0.717, 1.165) is 22.4 Å². The van der Waals surface area contributed by atoms with Crippen LogP contribution in [-0.2, 0) is 11.3 Å². The fraction of sp³-hybridized carbons (Fsp3) is 0.364. The minimum absolute atomic E-state index is 0.104. The number of carbonyl (C=O) groups excluding carboxylic acids is 2. The van der Waals surface area contributed by atoms with Crippen molar-refractivity contribution < 1.29 is 14.3 Å². The van der Waals surface area contributed by atoms with Crippen LogP contribution >= 0.6 is 0 Å². The van der Waals surface area contributed by atoms with Crippen LogP contribution in [0.25, 0.3) is 16.9 Å². The van der Waals surface area contributed by atoms with Gasteiger partial charge in [0.25, 0.3) is 5.91 Å². The molecule has 5 rings (SSSR count). The number of benzene rings is 1. The lowest BCUT2D eigenvalue weighted by Gasteiger charge is -2.23. The van der Waals surface area contributed by atoms with Crippen LogP contribution in [0.15, 0.2) is 30.6 Å². The summed E-state index contributed by atoms with van der Waals surface area (Å²) in [7, 11) is 0. The molecule has 2 aliphatic rings. The van der Waals surface area contributed by atoms with Gasteiger partial charge in [-0.2, -0.15) is 0 Å². The zero-order valence-corrected chi connectivity index (χ0v) is 17.0. The predicted octanol–water partition coefficient (Wildman–Crippen LogP) is 2.91. The summed E-state index contributed by atoms with van der Waals surface area (Å²) in [6.07, 6.45) is 5.69. The Hall–Kier alpha value is -3.42. The molecule has 3 aromatic rings. The van der Waals surface area contributed by atoms with Crippen molar-refractivity contribution in [1.82, 2.24) is 19.3 Å². The monoisotopic (exact) mass is 405 g/mol. The molecule has 8 heteroatoms. The second kappa shape index (κ2) is 6.83. The van der Waals surface area contributed by atoms with E-state index in [4.69, 9.17) is 10.5 Å². The number of carbonyl (C=O) groups is 2. The van der Waals surface area contributed by atoms with Crippen LogP contribution in [0.4, 0.5) is 5.82 Å². The minimum Gasteiger partial charge on any atom is -0.461 e. The maximum absolute atomic E-state index is 12.8. The molecule has 30 heavy (non-hydrogen) atoms. The Morgan fingerprint density at radius 3 is 2.90 bits per heavy atom. The summed E-state index contributed by atoms with van der Waals surface area (Å²) in [6.45, 7) is 4.75. The Bertz CT molecular complexity index is 1180. The van der Waals surface area contributed by atoms with Gasteiger partial charge in [0.2, 0.25) is 0 Å². The SMILES string of the molecule is CCOC(=O)c1cn2c(-c3ccc4c(c3)CN([C@@H](C)C3CC3)C4=O)cnc2c(N)n1. The van der Waals surface area contributed by atoms with Crippen LogP contribution in [0.1, 0.15) is 53.1 Å². The van der Waals surface area contributed by atoms with Crippen molar-refractivity contribution in [3.63, 3.8) is 0 Å². The summed E-state index contributed by atoms with van der Waals surface area (Å²) >= 11 is 0. The van der Waals surface area contributed by atoms with Gasteiger partial charge >= 0.3 is 5.97 Å². The first kappa shape index (κ1) is 18.6. The number of aromatic nitrogens is 3. The van der Waals surface area contributed by atoms with Crippen LogP contribution < -0.4 is 5.73 Å². The number of amides is 1. The molecule has 154 valence electrons. The molecule has 0 saturated heterocycles. The fourth-order valence-corrected chi connectivity index (χ4v) is 4.19. The molecular weight excluding hydrogens is 382 g/mol. The van der Waals surface area contributed by atoms with Crippen molar-refractivity contribution in [2.24, 2.45) is 5.92 Å². The first-order chi connectivity index (χ1) is 14.5. The van der Waals surface area contributed by atoms with Crippen LogP contribution in [0.2, 0.25) is 0 Å². The average molecular weight is 405 g/mol. The Balaban J connectivity index is 1.53. The van der Waals surface area contributed by atoms with Gasteiger partial charge in [-0.1, -0.05) is 6.07 Å². The Morgan fingerprint density at radius 1 is 1.37 bits per heavy atom. The fourth-order valence-electron chi connectivity index (χ4n) is 4.19. The van der Waals surface area contributed by atoms with Crippen molar-refractivity contribution in [2.45, 2.75) is 39.3 Å². The normalized spacial score (nSPS) is 16.7. The van der Waals surface area contributed by atoms with Crippen molar-refractivity contribution in [1.29, 1.82) is 0 Å². The number of esters is 1. The van der Waals surface area contributed by atoms with E-state index in [2.05, 4.69) is 16.9 Å². The van der Waals surface area contributed by atoms with E-state index in [1.807, 2.05) is 23.1 Å². The molecule has 2 N–H and O–H groups in total. The third kappa shape index (κ3) is 2.91. The lowest BCUT2D eigenvalue weighted by Crippen LogP contribution is -2.34. The Kier molecular flexibility index (Phi) is 4.23. The summed E-state index contributed by atoms with van der Waals surface area (Å²) in [5.74, 6) is 0.355. The second-order valence-electron chi connectivity index (χ2n) is 7.95. The maximum Gasteiger partial charge on any atom is 0.358 e. The first-order valence-electron chi connectivity index (χ1n) is 10.2. The molecule has 1 aromatic carbocycles. The van der Waals surface area contributed by atoms with Crippen LogP contribution in [0, 0.1) is 5.92 Å². The highest BCUT2D eigenvalue weighted by Crippen LogP contribution is 2.39. The molecule has 0 unspecified atom stereocenters. The number of nitrogens with zero attached hydrogens (tertiary/aromatic N) is 4. The number of anilines is 1. The van der Waals surface area contributed by atoms with Gasteiger partial charge in [0.05, 0.1) is 18.5 Å². The summed E-state index contributed by atoms with van der Waals surface area (Å²) in [5, 5.41) is 0. The van der Waals surface area contributed by atoms with Crippen molar-refractivity contribution in [3.8, 4) is 11.3 Å². The molecule has 1 aliphatic carbocycles. The molecule has 0 radical (unpaired) electrons. The van der Waals surface area contributed by atoms with Crippen molar-refractivity contribution in [2.75, 3.05) is 12.3 Å². The highest BCUT2D eigenvalue weighted by molar-refractivity contribution is 5.99. The predicted molar refractivity (Wildman–Crippen MR) is 111 cm³/mol. The van der Waals surface area contributed by atoms with Gasteiger partial charge in [0.15, 0.2) is 17.2 Å².